The zero-order chi connectivity index (χ0) is 15.3. The van der Waals surface area contributed by atoms with Gasteiger partial charge in [0, 0.05) is 49.8 Å². The normalized spacial score (nSPS) is 19.4. The molecule has 3 nitrogen and oxygen atoms in total. The Kier molecular flexibility index (Phi) is 5.99. The summed E-state index contributed by atoms with van der Waals surface area (Å²) in [5.41, 5.74) is 0.216. The van der Waals surface area contributed by atoms with E-state index in [0.29, 0.717) is 30.2 Å². The average Bonchev–Trinajstić information content (AvgIpc) is 2.50. The molecule has 0 aliphatic carbocycles. The van der Waals surface area contributed by atoms with E-state index in [4.69, 9.17) is 21.1 Å². The first-order valence-corrected chi connectivity index (χ1v) is 7.80. The summed E-state index contributed by atoms with van der Waals surface area (Å²) >= 11 is 6.17. The van der Waals surface area contributed by atoms with E-state index in [1.54, 1.807) is 19.2 Å². The predicted molar refractivity (Wildman–Crippen MR) is 82.4 cm³/mol. The molecule has 5 heteroatoms. The monoisotopic (exact) mass is 315 g/mol. The number of hydrogen-bond acceptors (Lipinski definition) is 3. The smallest absolute Gasteiger partial charge is 0.127 e. The Balaban J connectivity index is 2.25. The van der Waals surface area contributed by atoms with E-state index in [-0.39, 0.29) is 17.5 Å². The lowest BCUT2D eigenvalue weighted by Gasteiger charge is -2.43. The van der Waals surface area contributed by atoms with Gasteiger partial charge in [-0.15, -0.1) is 0 Å². The second kappa shape index (κ2) is 7.54. The Morgan fingerprint density at radius 2 is 2.14 bits per heavy atom. The first-order valence-electron chi connectivity index (χ1n) is 7.42. The van der Waals surface area contributed by atoms with Gasteiger partial charge in [0.2, 0.25) is 0 Å². The third-order valence-corrected chi connectivity index (χ3v) is 4.66. The minimum absolute atomic E-state index is 0.00537. The van der Waals surface area contributed by atoms with Crippen molar-refractivity contribution in [1.29, 1.82) is 0 Å². The molecule has 1 unspecified atom stereocenters. The highest BCUT2D eigenvalue weighted by molar-refractivity contribution is 6.31. The van der Waals surface area contributed by atoms with Gasteiger partial charge in [0.15, 0.2) is 0 Å². The van der Waals surface area contributed by atoms with Crippen LogP contribution in [-0.2, 0) is 15.9 Å². The molecule has 1 heterocycles. The van der Waals surface area contributed by atoms with Gasteiger partial charge in [0.1, 0.15) is 5.82 Å². The first kappa shape index (κ1) is 16.7. The van der Waals surface area contributed by atoms with Gasteiger partial charge in [0.25, 0.3) is 0 Å². The molecule has 0 amide bonds. The first-order chi connectivity index (χ1) is 10.1. The average molecular weight is 316 g/mol. The molecule has 0 aromatic heterocycles. The molecule has 1 aromatic rings. The highest BCUT2D eigenvalue weighted by Gasteiger charge is 2.40. The summed E-state index contributed by atoms with van der Waals surface area (Å²) in [4.78, 5) is 0. The number of benzene rings is 1. The fraction of sp³-hybridized carbons (Fsp3) is 0.625. The van der Waals surface area contributed by atoms with Crippen LogP contribution >= 0.6 is 11.6 Å². The van der Waals surface area contributed by atoms with E-state index in [9.17, 15) is 4.39 Å². The zero-order valence-corrected chi connectivity index (χ0v) is 13.4. The molecule has 21 heavy (non-hydrogen) atoms. The van der Waals surface area contributed by atoms with E-state index in [1.807, 2.05) is 6.92 Å². The Morgan fingerprint density at radius 1 is 1.43 bits per heavy atom. The van der Waals surface area contributed by atoms with Crippen molar-refractivity contribution in [2.45, 2.75) is 37.8 Å². The number of ether oxygens (including phenoxy) is 2. The summed E-state index contributed by atoms with van der Waals surface area (Å²) in [6.45, 7) is 4.17. The lowest BCUT2D eigenvalue weighted by atomic mass is 9.82. The fourth-order valence-corrected chi connectivity index (χ4v) is 3.27. The van der Waals surface area contributed by atoms with Gasteiger partial charge in [-0.3, -0.25) is 0 Å². The van der Waals surface area contributed by atoms with E-state index < -0.39 is 0 Å². The minimum atomic E-state index is -0.333. The zero-order valence-electron chi connectivity index (χ0n) is 12.6. The molecule has 1 aromatic carbocycles. The number of hydrogen-bond donors (Lipinski definition) is 1. The Hall–Kier alpha value is -0.680. The van der Waals surface area contributed by atoms with E-state index in [0.717, 1.165) is 19.4 Å². The van der Waals surface area contributed by atoms with Gasteiger partial charge in [0.05, 0.1) is 5.60 Å². The molecular weight excluding hydrogens is 293 g/mol. The van der Waals surface area contributed by atoms with Crippen molar-refractivity contribution < 1.29 is 13.9 Å². The molecule has 1 aliphatic heterocycles. The van der Waals surface area contributed by atoms with Gasteiger partial charge < -0.3 is 14.8 Å². The van der Waals surface area contributed by atoms with Crippen LogP contribution in [0, 0.1) is 5.82 Å². The molecule has 2 rings (SSSR count). The van der Waals surface area contributed by atoms with Crippen LogP contribution in [0.4, 0.5) is 4.39 Å². The SMILES string of the molecule is CCNC(Cc1c(F)cccc1Cl)C1(OC)CCOCC1. The van der Waals surface area contributed by atoms with Crippen LogP contribution in [0.5, 0.6) is 0 Å². The van der Waals surface area contributed by atoms with Crippen LogP contribution in [0.1, 0.15) is 25.3 Å². The predicted octanol–water partition coefficient (Wildman–Crippen LogP) is 3.20. The Labute approximate surface area is 130 Å². The summed E-state index contributed by atoms with van der Waals surface area (Å²) < 4.78 is 25.4. The van der Waals surface area contributed by atoms with Gasteiger partial charge in [-0.1, -0.05) is 24.6 Å². The quantitative estimate of drug-likeness (QED) is 0.874. The van der Waals surface area contributed by atoms with Crippen molar-refractivity contribution in [3.8, 4) is 0 Å². The van der Waals surface area contributed by atoms with Crippen molar-refractivity contribution in [3.63, 3.8) is 0 Å². The molecule has 1 N–H and O–H groups in total. The van der Waals surface area contributed by atoms with E-state index in [2.05, 4.69) is 5.32 Å². The third kappa shape index (κ3) is 3.75. The molecular formula is C16H23ClFNO2. The van der Waals surface area contributed by atoms with Crippen LogP contribution in [0.25, 0.3) is 0 Å². The second-order valence-electron chi connectivity index (χ2n) is 5.40. The summed E-state index contributed by atoms with van der Waals surface area (Å²) in [6, 6.07) is 4.81. The summed E-state index contributed by atoms with van der Waals surface area (Å²) in [5, 5.41) is 3.91. The maximum atomic E-state index is 14.1. The largest absolute Gasteiger partial charge is 0.381 e. The molecule has 1 saturated heterocycles. The summed E-state index contributed by atoms with van der Waals surface area (Å²) in [7, 11) is 1.72. The number of rotatable bonds is 6. The lowest BCUT2D eigenvalue weighted by molar-refractivity contribution is -0.110. The van der Waals surface area contributed by atoms with Crippen LogP contribution < -0.4 is 5.32 Å². The number of nitrogens with one attached hydrogen (secondary N) is 1. The molecule has 1 fully saturated rings. The van der Waals surface area contributed by atoms with E-state index in [1.165, 1.54) is 6.07 Å². The Morgan fingerprint density at radius 3 is 2.71 bits per heavy atom. The highest BCUT2D eigenvalue weighted by atomic mass is 35.5. The van der Waals surface area contributed by atoms with Crippen LogP contribution in [0.2, 0.25) is 5.02 Å². The van der Waals surface area contributed by atoms with Gasteiger partial charge in [-0.05, 0) is 25.1 Å². The van der Waals surface area contributed by atoms with Crippen molar-refractivity contribution in [2.24, 2.45) is 0 Å². The third-order valence-electron chi connectivity index (χ3n) is 4.30. The molecule has 1 atom stereocenters. The summed E-state index contributed by atoms with van der Waals surface area (Å²) in [5.74, 6) is -0.260. The van der Waals surface area contributed by atoms with Crippen LogP contribution in [0.3, 0.4) is 0 Å². The topological polar surface area (TPSA) is 30.5 Å². The van der Waals surface area contributed by atoms with Gasteiger partial charge in [-0.25, -0.2) is 4.39 Å². The van der Waals surface area contributed by atoms with E-state index >= 15 is 0 Å². The minimum Gasteiger partial charge on any atom is -0.381 e. The molecule has 0 saturated carbocycles. The van der Waals surface area contributed by atoms with Gasteiger partial charge >= 0.3 is 0 Å². The number of methoxy groups -OCH3 is 1. The number of likely N-dealkylation sites (N-methyl/N-ethyl adjacent to an activating group) is 1. The van der Waals surface area contributed by atoms with Crippen LogP contribution in [0.15, 0.2) is 18.2 Å². The lowest BCUT2D eigenvalue weighted by Crippen LogP contribution is -2.56. The van der Waals surface area contributed by atoms with Gasteiger partial charge in [-0.2, -0.15) is 0 Å². The fourth-order valence-electron chi connectivity index (χ4n) is 3.03. The van der Waals surface area contributed by atoms with Crippen molar-refractivity contribution in [2.75, 3.05) is 26.9 Å². The molecule has 118 valence electrons. The maximum absolute atomic E-state index is 14.1. The molecule has 0 bridgehead atoms. The number of halogens is 2. The van der Waals surface area contributed by atoms with Crippen LogP contribution in [-0.4, -0.2) is 38.5 Å². The van der Waals surface area contributed by atoms with Crippen molar-refractivity contribution in [3.05, 3.63) is 34.6 Å². The highest BCUT2D eigenvalue weighted by Crippen LogP contribution is 2.32. The molecule has 1 aliphatic rings. The van der Waals surface area contributed by atoms with Crippen molar-refractivity contribution in [1.82, 2.24) is 5.32 Å². The second-order valence-corrected chi connectivity index (χ2v) is 5.80. The molecule has 0 radical (unpaired) electrons. The maximum Gasteiger partial charge on any atom is 0.127 e. The standard InChI is InChI=1S/C16H23ClFNO2/c1-3-19-15(16(20-2)7-9-21-10-8-16)11-12-13(17)5-4-6-14(12)18/h4-6,15,19H,3,7-11H2,1-2H3. The molecule has 0 spiro atoms. The summed E-state index contributed by atoms with van der Waals surface area (Å²) in [6.07, 6.45) is 2.10. The van der Waals surface area contributed by atoms with Crippen molar-refractivity contribution >= 4 is 11.6 Å². The Bertz CT molecular complexity index is 443.